The van der Waals surface area contributed by atoms with E-state index in [-0.39, 0.29) is 12.1 Å². The van der Waals surface area contributed by atoms with Gasteiger partial charge in [-0.05, 0) is 55.5 Å². The topological polar surface area (TPSA) is 92.0 Å². The number of rotatable bonds is 7. The van der Waals surface area contributed by atoms with Crippen molar-refractivity contribution in [2.75, 3.05) is 11.9 Å². The second kappa shape index (κ2) is 9.42. The van der Waals surface area contributed by atoms with Gasteiger partial charge in [-0.15, -0.1) is 0 Å². The Morgan fingerprint density at radius 3 is 2.50 bits per heavy atom. The summed E-state index contributed by atoms with van der Waals surface area (Å²) in [5.41, 5.74) is 1.68. The van der Waals surface area contributed by atoms with E-state index in [1.54, 1.807) is 36.4 Å². The van der Waals surface area contributed by atoms with Crippen LogP contribution in [-0.4, -0.2) is 35.0 Å². The van der Waals surface area contributed by atoms with E-state index in [1.807, 2.05) is 31.2 Å². The van der Waals surface area contributed by atoms with Crippen LogP contribution in [0.5, 0.6) is 0 Å². The van der Waals surface area contributed by atoms with Gasteiger partial charge in [0.15, 0.2) is 5.09 Å². The first kappa shape index (κ1) is 21.9. The molecule has 2 aromatic carbocycles. The molecule has 4 rings (SSSR count). The molecule has 0 unspecified atom stereocenters. The second-order valence-electron chi connectivity index (χ2n) is 7.10. The minimum atomic E-state index is -0.758. The highest BCUT2D eigenvalue weighted by Crippen LogP contribution is 2.30. The van der Waals surface area contributed by atoms with Crippen LogP contribution in [0.15, 0.2) is 80.1 Å². The van der Waals surface area contributed by atoms with Crippen molar-refractivity contribution in [3.8, 4) is 0 Å². The summed E-state index contributed by atoms with van der Waals surface area (Å²) >= 11 is 7.30. The largest absolute Gasteiger partial charge is 0.454 e. The number of nitrogens with one attached hydrogen (secondary N) is 1. The third-order valence-corrected chi connectivity index (χ3v) is 5.78. The van der Waals surface area contributed by atoms with Gasteiger partial charge in [-0.1, -0.05) is 41.1 Å². The van der Waals surface area contributed by atoms with Gasteiger partial charge < -0.3 is 9.73 Å². The molecule has 32 heavy (non-hydrogen) atoms. The van der Waals surface area contributed by atoms with Gasteiger partial charge in [0.05, 0.1) is 6.42 Å². The maximum Gasteiger partial charge on any atom is 0.351 e. The highest BCUT2D eigenvalue weighted by atomic mass is 35.5. The first-order valence-corrected chi connectivity index (χ1v) is 10.9. The lowest BCUT2D eigenvalue weighted by molar-refractivity contribution is -0.125. The molecule has 0 aliphatic carbocycles. The Hall–Kier alpha value is -3.36. The predicted molar refractivity (Wildman–Crippen MR) is 122 cm³/mol. The molecule has 9 heteroatoms. The molecule has 0 saturated carbocycles. The second-order valence-corrected chi connectivity index (χ2v) is 8.61. The lowest BCUT2D eigenvalue weighted by Crippen LogP contribution is -2.39. The Balaban J connectivity index is 1.35. The molecule has 0 saturated heterocycles. The summed E-state index contributed by atoms with van der Waals surface area (Å²) < 4.78 is 5.76. The van der Waals surface area contributed by atoms with Crippen LogP contribution in [0.3, 0.4) is 0 Å². The van der Waals surface area contributed by atoms with E-state index in [0.717, 1.165) is 15.4 Å². The van der Waals surface area contributed by atoms with E-state index in [9.17, 15) is 14.4 Å². The van der Waals surface area contributed by atoms with Gasteiger partial charge in [-0.3, -0.25) is 9.59 Å². The van der Waals surface area contributed by atoms with E-state index >= 15 is 0 Å². The smallest absolute Gasteiger partial charge is 0.351 e. The number of carbonyl (C=O) groups excluding carboxylic acids is 3. The normalized spacial score (nSPS) is 13.4. The van der Waals surface area contributed by atoms with Crippen molar-refractivity contribution in [3.05, 3.63) is 77.0 Å². The molecule has 0 fully saturated rings. The van der Waals surface area contributed by atoms with Crippen LogP contribution in [-0.2, 0) is 16.0 Å². The van der Waals surface area contributed by atoms with Crippen LogP contribution < -0.4 is 5.32 Å². The Morgan fingerprint density at radius 2 is 1.78 bits per heavy atom. The van der Waals surface area contributed by atoms with Gasteiger partial charge in [-0.2, -0.15) is 4.99 Å². The average Bonchev–Trinajstić information content (AvgIpc) is 3.31. The van der Waals surface area contributed by atoms with Crippen molar-refractivity contribution in [3.63, 3.8) is 0 Å². The van der Waals surface area contributed by atoms with Crippen molar-refractivity contribution in [2.45, 2.75) is 23.3 Å². The number of halogens is 1. The van der Waals surface area contributed by atoms with Crippen molar-refractivity contribution >= 4 is 52.6 Å². The molecular weight excluding hydrogens is 450 g/mol. The molecule has 1 aliphatic rings. The van der Waals surface area contributed by atoms with Gasteiger partial charge in [-0.25, -0.2) is 9.69 Å². The molecule has 3 aromatic rings. The molecule has 0 bridgehead atoms. The number of aliphatic imine (C=N–C) groups is 1. The van der Waals surface area contributed by atoms with Crippen LogP contribution in [0.1, 0.15) is 11.3 Å². The molecule has 1 aromatic heterocycles. The fraction of sp³-hybridized carbons (Fsp3) is 0.130. The van der Waals surface area contributed by atoms with E-state index in [2.05, 4.69) is 10.3 Å². The third kappa shape index (κ3) is 5.27. The van der Waals surface area contributed by atoms with Gasteiger partial charge in [0.25, 0.3) is 5.91 Å². The Labute approximate surface area is 193 Å². The lowest BCUT2D eigenvalue weighted by atomic mass is 10.2. The summed E-state index contributed by atoms with van der Waals surface area (Å²) in [5, 5.41) is 3.95. The van der Waals surface area contributed by atoms with E-state index in [4.69, 9.17) is 16.0 Å². The Kier molecular flexibility index (Phi) is 6.43. The standard InChI is InChI=1S/C23H18ClN3O4S/c1-14-2-6-16(7-3-14)25-20(28)13-27-22(29)19(26-23(27)30)12-17-8-11-21(31-17)32-18-9-4-15(24)5-10-18/h2-11H,12-13H2,1H3,(H,25,28). The fourth-order valence-corrected chi connectivity index (χ4v) is 3.91. The number of anilines is 1. The maximum absolute atomic E-state index is 12.6. The minimum Gasteiger partial charge on any atom is -0.454 e. The third-order valence-electron chi connectivity index (χ3n) is 4.60. The monoisotopic (exact) mass is 467 g/mol. The highest BCUT2D eigenvalue weighted by Gasteiger charge is 2.34. The minimum absolute atomic E-state index is 0.0375. The number of aryl methyl sites for hydroxylation is 1. The fourth-order valence-electron chi connectivity index (χ4n) is 2.99. The number of hydrogen-bond donors (Lipinski definition) is 1. The van der Waals surface area contributed by atoms with Crippen LogP contribution >= 0.6 is 23.4 Å². The van der Waals surface area contributed by atoms with Crippen LogP contribution in [0.25, 0.3) is 0 Å². The van der Waals surface area contributed by atoms with Crippen LogP contribution in [0.4, 0.5) is 10.5 Å². The van der Waals surface area contributed by atoms with Gasteiger partial charge in [0.2, 0.25) is 5.91 Å². The molecule has 4 amide bonds. The van der Waals surface area contributed by atoms with Crippen molar-refractivity contribution in [2.24, 2.45) is 4.99 Å². The zero-order valence-corrected chi connectivity index (χ0v) is 18.6. The van der Waals surface area contributed by atoms with Crippen molar-refractivity contribution in [1.29, 1.82) is 0 Å². The molecule has 0 radical (unpaired) electrons. The first-order valence-electron chi connectivity index (χ1n) is 9.69. The summed E-state index contributed by atoms with van der Waals surface area (Å²) in [6.45, 7) is 1.53. The highest BCUT2D eigenvalue weighted by molar-refractivity contribution is 7.99. The number of amides is 4. The molecular formula is C23H18ClN3O4S. The van der Waals surface area contributed by atoms with Gasteiger partial charge in [0.1, 0.15) is 18.0 Å². The maximum atomic E-state index is 12.6. The van der Waals surface area contributed by atoms with Crippen LogP contribution in [0.2, 0.25) is 5.02 Å². The SMILES string of the molecule is Cc1ccc(NC(=O)CN2C(=O)N=C(Cc3ccc(Sc4ccc(Cl)cc4)o3)C2=O)cc1. The average molecular weight is 468 g/mol. The quantitative estimate of drug-likeness (QED) is 0.529. The predicted octanol–water partition coefficient (Wildman–Crippen LogP) is 4.98. The van der Waals surface area contributed by atoms with Gasteiger partial charge >= 0.3 is 6.03 Å². The molecule has 0 atom stereocenters. The van der Waals surface area contributed by atoms with E-state index in [0.29, 0.717) is 21.6 Å². The Bertz CT molecular complexity index is 1200. The van der Waals surface area contributed by atoms with Crippen molar-refractivity contribution < 1.29 is 18.8 Å². The zero-order chi connectivity index (χ0) is 22.7. The number of urea groups is 1. The lowest BCUT2D eigenvalue weighted by Gasteiger charge is -2.13. The molecule has 1 N–H and O–H groups in total. The molecule has 162 valence electrons. The zero-order valence-electron chi connectivity index (χ0n) is 17.0. The summed E-state index contributed by atoms with van der Waals surface area (Å²) in [5.74, 6) is -0.587. The number of hydrogen-bond acceptors (Lipinski definition) is 5. The van der Waals surface area contributed by atoms with Crippen molar-refractivity contribution in [1.82, 2.24) is 4.90 Å². The molecule has 7 nitrogen and oxygen atoms in total. The molecule has 0 spiro atoms. The number of benzene rings is 2. The number of imide groups is 1. The first-order chi connectivity index (χ1) is 15.4. The summed E-state index contributed by atoms with van der Waals surface area (Å²) in [4.78, 5) is 42.7. The molecule has 1 aliphatic heterocycles. The van der Waals surface area contributed by atoms with Crippen LogP contribution in [0, 0.1) is 6.92 Å². The summed E-state index contributed by atoms with van der Waals surface area (Å²) in [6.07, 6.45) is 0.0574. The number of furan rings is 1. The number of nitrogens with zero attached hydrogens (tertiary/aromatic N) is 2. The van der Waals surface area contributed by atoms with E-state index < -0.39 is 24.4 Å². The van der Waals surface area contributed by atoms with E-state index in [1.165, 1.54) is 11.8 Å². The summed E-state index contributed by atoms with van der Waals surface area (Å²) in [6, 6.07) is 17.3. The molecule has 2 heterocycles. The van der Waals surface area contributed by atoms with Gasteiger partial charge in [0, 0.05) is 15.6 Å². The number of carbonyl (C=O) groups is 3. The summed E-state index contributed by atoms with van der Waals surface area (Å²) in [7, 11) is 0. The Morgan fingerprint density at radius 1 is 1.06 bits per heavy atom.